The van der Waals surface area contributed by atoms with Crippen molar-refractivity contribution in [3.05, 3.63) is 29.6 Å². The first-order valence-corrected chi connectivity index (χ1v) is 5.86. The van der Waals surface area contributed by atoms with Crippen LogP contribution in [0.2, 0.25) is 0 Å². The molecule has 1 aromatic rings. The predicted octanol–water partition coefficient (Wildman–Crippen LogP) is 2.45. The molecular weight excluding hydrogens is 200 g/mol. The molecule has 0 saturated heterocycles. The second-order valence-corrected chi connectivity index (χ2v) is 4.46. The Balaban J connectivity index is 2.16. The van der Waals surface area contributed by atoms with Gasteiger partial charge in [-0.1, -0.05) is 26.8 Å². The topological polar surface area (TPSA) is 34.5 Å². The Kier molecular flexibility index (Phi) is 3.22. The zero-order valence-corrected chi connectivity index (χ0v) is 10.1. The van der Waals surface area contributed by atoms with Gasteiger partial charge in [0.15, 0.2) is 0 Å². The number of aromatic nitrogens is 1. The lowest BCUT2D eigenvalue weighted by Crippen LogP contribution is -2.13. The highest BCUT2D eigenvalue weighted by atomic mass is 16.5. The van der Waals surface area contributed by atoms with Crippen molar-refractivity contribution in [3.63, 3.8) is 0 Å². The number of hydrogen-bond donors (Lipinski definition) is 0. The Bertz CT molecular complexity index is 381. The molecule has 2 rings (SSSR count). The van der Waals surface area contributed by atoms with Gasteiger partial charge in [-0.25, -0.2) is 4.99 Å². The minimum Gasteiger partial charge on any atom is -0.474 e. The predicted molar refractivity (Wildman–Crippen MR) is 64.7 cm³/mol. The molecule has 0 fully saturated rings. The van der Waals surface area contributed by atoms with Gasteiger partial charge < -0.3 is 4.74 Å². The maximum atomic E-state index is 5.57. The molecule has 1 aliphatic rings. The first-order chi connectivity index (χ1) is 7.70. The summed E-state index contributed by atoms with van der Waals surface area (Å²) in [7, 11) is 0. The van der Waals surface area contributed by atoms with Gasteiger partial charge in [0, 0.05) is 6.20 Å². The minimum atomic E-state index is 0.280. The summed E-state index contributed by atoms with van der Waals surface area (Å²) in [6, 6.07) is 4.35. The summed E-state index contributed by atoms with van der Waals surface area (Å²) in [5, 5.41) is 0. The van der Waals surface area contributed by atoms with Gasteiger partial charge in [-0.05, 0) is 24.0 Å². The van der Waals surface area contributed by atoms with Gasteiger partial charge in [-0.15, -0.1) is 0 Å². The Morgan fingerprint density at radius 2 is 2.25 bits per heavy atom. The van der Waals surface area contributed by atoms with Crippen molar-refractivity contribution < 1.29 is 4.74 Å². The average Bonchev–Trinajstić information content (AvgIpc) is 2.78. The number of hydrogen-bond acceptors (Lipinski definition) is 3. The van der Waals surface area contributed by atoms with Gasteiger partial charge in [-0.3, -0.25) is 4.98 Å². The van der Waals surface area contributed by atoms with Crippen LogP contribution in [0.3, 0.4) is 0 Å². The lowest BCUT2D eigenvalue weighted by molar-refractivity contribution is 0.291. The van der Waals surface area contributed by atoms with Crippen LogP contribution in [0.15, 0.2) is 23.3 Å². The molecule has 1 aromatic heterocycles. The fraction of sp³-hybridized carbons (Fsp3) is 0.538. The van der Waals surface area contributed by atoms with Crippen LogP contribution in [-0.2, 0) is 11.2 Å². The molecule has 3 heteroatoms. The van der Waals surface area contributed by atoms with Crippen molar-refractivity contribution in [2.24, 2.45) is 10.9 Å². The Hall–Kier alpha value is -1.38. The molecule has 0 saturated carbocycles. The molecule has 0 unspecified atom stereocenters. The molecule has 86 valence electrons. The van der Waals surface area contributed by atoms with Gasteiger partial charge in [0.1, 0.15) is 12.3 Å². The molecule has 3 nitrogen and oxygen atoms in total. The van der Waals surface area contributed by atoms with Gasteiger partial charge in [0.25, 0.3) is 0 Å². The number of aryl methyl sites for hydroxylation is 1. The summed E-state index contributed by atoms with van der Waals surface area (Å²) < 4.78 is 5.57. The lowest BCUT2D eigenvalue weighted by Gasteiger charge is -2.06. The number of aliphatic imine (C=N–C) groups is 1. The normalized spacial score (nSPS) is 19.8. The van der Waals surface area contributed by atoms with Crippen LogP contribution < -0.4 is 0 Å². The Labute approximate surface area is 96.6 Å². The Morgan fingerprint density at radius 3 is 2.75 bits per heavy atom. The lowest BCUT2D eigenvalue weighted by atomic mass is 10.1. The summed E-state index contributed by atoms with van der Waals surface area (Å²) in [6.07, 6.45) is 2.90. The molecule has 0 N–H and O–H groups in total. The number of pyridine rings is 1. The van der Waals surface area contributed by atoms with E-state index in [0.29, 0.717) is 18.4 Å². The molecule has 1 aliphatic heterocycles. The largest absolute Gasteiger partial charge is 0.474 e. The van der Waals surface area contributed by atoms with Crippen molar-refractivity contribution in [3.8, 4) is 0 Å². The van der Waals surface area contributed by atoms with Crippen LogP contribution in [0, 0.1) is 5.92 Å². The summed E-state index contributed by atoms with van der Waals surface area (Å²) in [6.45, 7) is 7.13. The van der Waals surface area contributed by atoms with Crippen molar-refractivity contribution >= 4 is 5.90 Å². The molecule has 0 aliphatic carbocycles. The quantitative estimate of drug-likeness (QED) is 0.781. The van der Waals surface area contributed by atoms with E-state index >= 15 is 0 Å². The van der Waals surface area contributed by atoms with Crippen LogP contribution in [0.4, 0.5) is 0 Å². The fourth-order valence-corrected chi connectivity index (χ4v) is 1.63. The third-order valence-electron chi connectivity index (χ3n) is 2.90. The second kappa shape index (κ2) is 4.64. The smallest absolute Gasteiger partial charge is 0.235 e. The van der Waals surface area contributed by atoms with Crippen LogP contribution in [0.25, 0.3) is 0 Å². The van der Waals surface area contributed by atoms with Gasteiger partial charge in [0.2, 0.25) is 5.90 Å². The standard InChI is InChI=1S/C13H18N2O/c1-4-10-5-6-11(14-7-10)13-15-12(8-16-13)9(2)3/h5-7,9,12H,4,8H2,1-3H3/t12-/m1/s1. The molecule has 0 amide bonds. The number of rotatable bonds is 3. The maximum Gasteiger partial charge on any atom is 0.235 e. The molecule has 0 radical (unpaired) electrons. The molecule has 0 spiro atoms. The zero-order valence-electron chi connectivity index (χ0n) is 10.1. The van der Waals surface area contributed by atoms with Crippen LogP contribution in [0.5, 0.6) is 0 Å². The second-order valence-electron chi connectivity index (χ2n) is 4.46. The van der Waals surface area contributed by atoms with E-state index in [9.17, 15) is 0 Å². The van der Waals surface area contributed by atoms with E-state index in [1.54, 1.807) is 0 Å². The molecule has 16 heavy (non-hydrogen) atoms. The summed E-state index contributed by atoms with van der Waals surface area (Å²) in [5.41, 5.74) is 2.09. The first kappa shape index (κ1) is 11.1. The highest BCUT2D eigenvalue weighted by Crippen LogP contribution is 2.16. The van der Waals surface area contributed by atoms with E-state index in [2.05, 4.69) is 36.8 Å². The fourth-order valence-electron chi connectivity index (χ4n) is 1.63. The van der Waals surface area contributed by atoms with Gasteiger partial charge in [0.05, 0.1) is 6.04 Å². The van der Waals surface area contributed by atoms with Crippen LogP contribution >= 0.6 is 0 Å². The average molecular weight is 218 g/mol. The minimum absolute atomic E-state index is 0.280. The van der Waals surface area contributed by atoms with Crippen LogP contribution in [-0.4, -0.2) is 23.5 Å². The monoisotopic (exact) mass is 218 g/mol. The van der Waals surface area contributed by atoms with Gasteiger partial charge in [-0.2, -0.15) is 0 Å². The molecule has 0 aromatic carbocycles. The van der Waals surface area contributed by atoms with Crippen molar-refractivity contribution in [1.29, 1.82) is 0 Å². The summed E-state index contributed by atoms with van der Waals surface area (Å²) in [4.78, 5) is 8.91. The number of nitrogens with zero attached hydrogens (tertiary/aromatic N) is 2. The first-order valence-electron chi connectivity index (χ1n) is 5.86. The molecule has 2 heterocycles. The third-order valence-corrected chi connectivity index (χ3v) is 2.90. The zero-order chi connectivity index (χ0) is 11.5. The van der Waals surface area contributed by atoms with E-state index < -0.39 is 0 Å². The molecule has 0 bridgehead atoms. The number of ether oxygens (including phenoxy) is 1. The highest BCUT2D eigenvalue weighted by Gasteiger charge is 2.23. The molecule has 1 atom stereocenters. The third kappa shape index (κ3) is 2.23. The van der Waals surface area contributed by atoms with Crippen molar-refractivity contribution in [2.45, 2.75) is 33.2 Å². The van der Waals surface area contributed by atoms with E-state index in [4.69, 9.17) is 4.74 Å². The summed E-state index contributed by atoms with van der Waals surface area (Å²) >= 11 is 0. The van der Waals surface area contributed by atoms with E-state index in [0.717, 1.165) is 12.1 Å². The van der Waals surface area contributed by atoms with E-state index in [1.165, 1.54) is 5.56 Å². The highest BCUT2D eigenvalue weighted by molar-refractivity contribution is 5.93. The van der Waals surface area contributed by atoms with Crippen LogP contribution in [0.1, 0.15) is 32.0 Å². The molecular formula is C13H18N2O. The van der Waals surface area contributed by atoms with Crippen molar-refractivity contribution in [1.82, 2.24) is 4.98 Å². The maximum absolute atomic E-state index is 5.57. The van der Waals surface area contributed by atoms with Crippen molar-refractivity contribution in [2.75, 3.05) is 6.61 Å². The summed E-state index contributed by atoms with van der Waals surface area (Å²) in [5.74, 6) is 1.22. The van der Waals surface area contributed by atoms with E-state index in [1.807, 2.05) is 12.3 Å². The SMILES string of the molecule is CCc1ccc(C2=N[C@@H](C(C)C)CO2)nc1. The van der Waals surface area contributed by atoms with E-state index in [-0.39, 0.29) is 6.04 Å². The Morgan fingerprint density at radius 1 is 1.44 bits per heavy atom. The van der Waals surface area contributed by atoms with Gasteiger partial charge >= 0.3 is 0 Å².